The van der Waals surface area contributed by atoms with E-state index in [4.69, 9.17) is 0 Å². The van der Waals surface area contributed by atoms with Crippen LogP contribution in [0, 0.1) is 0 Å². The van der Waals surface area contributed by atoms with Gasteiger partial charge in [-0.2, -0.15) is 0 Å². The van der Waals surface area contributed by atoms with Gasteiger partial charge in [-0.15, -0.1) is 17.0 Å². The van der Waals surface area contributed by atoms with Gasteiger partial charge in [0.05, 0.1) is 6.54 Å². The number of thioether (sulfide) groups is 1. The molecular weight excluding hydrogens is 296 g/mol. The maximum absolute atomic E-state index is 4.37. The topological polar surface area (TPSA) is 24.4 Å². The maximum Gasteiger partial charge on any atom is 0.156 e. The van der Waals surface area contributed by atoms with Gasteiger partial charge in [0.15, 0.2) is 5.17 Å². The lowest BCUT2D eigenvalue weighted by molar-refractivity contribution is 0.586. The number of halogens is 1. The van der Waals surface area contributed by atoms with E-state index in [2.05, 4.69) is 17.2 Å². The molecule has 0 aromatic heterocycles. The van der Waals surface area contributed by atoms with Crippen molar-refractivity contribution < 1.29 is 0 Å². The zero-order chi connectivity index (χ0) is 11.5. The minimum Gasteiger partial charge on any atom is -0.363 e. The number of aliphatic imine (C=N–C) groups is 1. The number of hydrogen-bond acceptors (Lipinski definition) is 3. The fourth-order valence-electron chi connectivity index (χ4n) is 1.88. The minimum atomic E-state index is 0. The molecule has 0 atom stereocenters. The lowest BCUT2D eigenvalue weighted by atomic mass is 10.1. The third-order valence-electron chi connectivity index (χ3n) is 2.88. The van der Waals surface area contributed by atoms with Gasteiger partial charge in [0, 0.05) is 12.3 Å². The van der Waals surface area contributed by atoms with Gasteiger partial charge in [-0.25, -0.2) is 0 Å². The molecule has 0 fully saturated rings. The summed E-state index contributed by atoms with van der Waals surface area (Å²) in [6, 6.07) is 0. The Labute approximate surface area is 121 Å². The quantitative estimate of drug-likeness (QED) is 0.636. The molecule has 0 saturated heterocycles. The molecule has 0 bridgehead atoms. The van der Waals surface area contributed by atoms with Crippen molar-refractivity contribution in [3.05, 3.63) is 0 Å². The Morgan fingerprint density at radius 2 is 1.71 bits per heavy atom. The van der Waals surface area contributed by atoms with E-state index in [1.165, 1.54) is 62.3 Å². The molecule has 0 aliphatic carbocycles. The van der Waals surface area contributed by atoms with Gasteiger partial charge in [0.2, 0.25) is 0 Å². The predicted octanol–water partition coefficient (Wildman–Crippen LogP) is 4.40. The number of rotatable bonds is 9. The third kappa shape index (κ3) is 9.95. The molecule has 0 amide bonds. The van der Waals surface area contributed by atoms with E-state index < -0.39 is 0 Å². The highest BCUT2D eigenvalue weighted by molar-refractivity contribution is 8.93. The molecule has 1 N–H and O–H groups in total. The summed E-state index contributed by atoms with van der Waals surface area (Å²) in [4.78, 5) is 4.37. The smallest absolute Gasteiger partial charge is 0.156 e. The van der Waals surface area contributed by atoms with E-state index >= 15 is 0 Å². The zero-order valence-electron chi connectivity index (χ0n) is 11.0. The van der Waals surface area contributed by atoms with Gasteiger partial charge in [0.25, 0.3) is 0 Å². The molecule has 0 radical (unpaired) electrons. The maximum atomic E-state index is 4.37. The highest BCUT2D eigenvalue weighted by Crippen LogP contribution is 2.12. The van der Waals surface area contributed by atoms with Gasteiger partial charge in [-0.3, -0.25) is 4.99 Å². The summed E-state index contributed by atoms with van der Waals surface area (Å²) in [5, 5.41) is 4.46. The molecule has 17 heavy (non-hydrogen) atoms. The molecule has 102 valence electrons. The van der Waals surface area contributed by atoms with E-state index in [1.54, 1.807) is 0 Å². The molecule has 0 spiro atoms. The molecule has 1 rings (SSSR count). The normalized spacial score (nSPS) is 14.1. The zero-order valence-corrected chi connectivity index (χ0v) is 13.6. The lowest BCUT2D eigenvalue weighted by Crippen LogP contribution is -2.15. The Balaban J connectivity index is 0.00000256. The molecule has 1 aliphatic heterocycles. The number of nitrogens with zero attached hydrogens (tertiary/aromatic N) is 1. The number of nitrogens with one attached hydrogen (secondary N) is 1. The molecular formula is C13H27BrN2S. The van der Waals surface area contributed by atoms with Crippen LogP contribution in [0.25, 0.3) is 0 Å². The molecule has 4 heteroatoms. The average molecular weight is 323 g/mol. The van der Waals surface area contributed by atoms with E-state index in [-0.39, 0.29) is 17.0 Å². The van der Waals surface area contributed by atoms with Crippen LogP contribution in [0.3, 0.4) is 0 Å². The van der Waals surface area contributed by atoms with E-state index in [0.29, 0.717) is 0 Å². The molecule has 0 aromatic rings. The van der Waals surface area contributed by atoms with Crippen molar-refractivity contribution in [2.24, 2.45) is 4.99 Å². The second kappa shape index (κ2) is 12.7. The number of unbranched alkanes of at least 4 members (excludes halogenated alkanes) is 7. The summed E-state index contributed by atoms with van der Waals surface area (Å²) in [5.41, 5.74) is 0. The highest BCUT2D eigenvalue weighted by atomic mass is 79.9. The first kappa shape index (κ1) is 17.3. The fourth-order valence-corrected chi connectivity index (χ4v) is 2.81. The van der Waals surface area contributed by atoms with Crippen molar-refractivity contribution in [1.29, 1.82) is 0 Å². The monoisotopic (exact) mass is 322 g/mol. The summed E-state index contributed by atoms with van der Waals surface area (Å²) in [6.07, 6.45) is 11.2. The van der Waals surface area contributed by atoms with Gasteiger partial charge in [0.1, 0.15) is 0 Å². The first-order valence-electron chi connectivity index (χ1n) is 6.84. The van der Waals surface area contributed by atoms with Crippen LogP contribution in [0.15, 0.2) is 4.99 Å². The Morgan fingerprint density at radius 1 is 1.06 bits per heavy atom. The molecule has 0 unspecified atom stereocenters. The SMILES string of the molecule is Br.CCCCCCCCCCSC1=NCCN1. The van der Waals surface area contributed by atoms with E-state index in [9.17, 15) is 0 Å². The number of hydrogen-bond donors (Lipinski definition) is 1. The van der Waals surface area contributed by atoms with Gasteiger partial charge in [-0.1, -0.05) is 63.6 Å². The summed E-state index contributed by atoms with van der Waals surface area (Å²) in [7, 11) is 0. The highest BCUT2D eigenvalue weighted by Gasteiger charge is 2.03. The minimum absolute atomic E-state index is 0. The molecule has 0 saturated carbocycles. The van der Waals surface area contributed by atoms with Gasteiger partial charge in [-0.05, 0) is 6.42 Å². The Morgan fingerprint density at radius 3 is 2.29 bits per heavy atom. The van der Waals surface area contributed by atoms with Crippen molar-refractivity contribution in [2.45, 2.75) is 58.3 Å². The van der Waals surface area contributed by atoms with Crippen LogP contribution in [-0.4, -0.2) is 24.0 Å². The standard InChI is InChI=1S/C13H26N2S.BrH/c1-2-3-4-5-6-7-8-9-12-16-13-14-10-11-15-13;/h2-12H2,1H3,(H,14,15);1H. The second-order valence-corrected chi connectivity index (χ2v) is 5.52. The van der Waals surface area contributed by atoms with Crippen LogP contribution in [0.4, 0.5) is 0 Å². The van der Waals surface area contributed by atoms with Crippen molar-refractivity contribution >= 4 is 33.9 Å². The predicted molar refractivity (Wildman–Crippen MR) is 85.7 cm³/mol. The number of amidine groups is 1. The summed E-state index contributed by atoms with van der Waals surface area (Å²) in [5.74, 6) is 1.24. The Hall–Kier alpha value is 0.300. The van der Waals surface area contributed by atoms with Crippen LogP contribution in [0.1, 0.15) is 58.3 Å². The first-order chi connectivity index (χ1) is 7.93. The molecule has 1 heterocycles. The van der Waals surface area contributed by atoms with Crippen molar-refractivity contribution in [1.82, 2.24) is 5.32 Å². The summed E-state index contributed by atoms with van der Waals surface area (Å²) in [6.45, 7) is 4.29. The van der Waals surface area contributed by atoms with Gasteiger partial charge < -0.3 is 5.32 Å². The van der Waals surface area contributed by atoms with Crippen molar-refractivity contribution in [2.75, 3.05) is 18.8 Å². The lowest BCUT2D eigenvalue weighted by Gasteiger charge is -2.02. The first-order valence-corrected chi connectivity index (χ1v) is 7.83. The average Bonchev–Trinajstić information content (AvgIpc) is 2.80. The largest absolute Gasteiger partial charge is 0.363 e. The molecule has 2 nitrogen and oxygen atoms in total. The van der Waals surface area contributed by atoms with Gasteiger partial charge >= 0.3 is 0 Å². The molecule has 0 aromatic carbocycles. The van der Waals surface area contributed by atoms with Crippen LogP contribution in [0.5, 0.6) is 0 Å². The fraction of sp³-hybridized carbons (Fsp3) is 0.923. The Bertz CT molecular complexity index is 198. The second-order valence-electron chi connectivity index (χ2n) is 4.44. The summed E-state index contributed by atoms with van der Waals surface area (Å²) >= 11 is 1.89. The Kier molecular flexibility index (Phi) is 13.0. The molecule has 1 aliphatic rings. The van der Waals surface area contributed by atoms with Crippen LogP contribution in [-0.2, 0) is 0 Å². The van der Waals surface area contributed by atoms with E-state index in [1.807, 2.05) is 11.8 Å². The van der Waals surface area contributed by atoms with E-state index in [0.717, 1.165) is 13.1 Å². The van der Waals surface area contributed by atoms with Crippen LogP contribution < -0.4 is 5.32 Å². The third-order valence-corrected chi connectivity index (χ3v) is 3.92. The van der Waals surface area contributed by atoms with Crippen LogP contribution >= 0.6 is 28.7 Å². The van der Waals surface area contributed by atoms with Crippen LogP contribution in [0.2, 0.25) is 0 Å². The van der Waals surface area contributed by atoms with Crippen molar-refractivity contribution in [3.63, 3.8) is 0 Å². The van der Waals surface area contributed by atoms with Crippen molar-refractivity contribution in [3.8, 4) is 0 Å². The summed E-state index contributed by atoms with van der Waals surface area (Å²) < 4.78 is 0.